The standard InChI is InChI=1S/C25H25Cl2F3N4O3Si/c1-36-24(35)23-31-13-20(34(23)19-7-5-6-16(26)21(19)27)22-32-17-12-15(25(28,29)30)8-9-18(17)33(22)14-37-10-11-38(2,3)4/h5-9,12-13H,10-11,14H2,1-4H3. The predicted octanol–water partition coefficient (Wildman–Crippen LogP) is 7.31. The minimum atomic E-state index is -4.54. The minimum Gasteiger partial charge on any atom is -0.463 e. The largest absolute Gasteiger partial charge is 0.463 e. The van der Waals surface area contributed by atoms with Gasteiger partial charge in [-0.15, -0.1) is 0 Å². The summed E-state index contributed by atoms with van der Waals surface area (Å²) in [5, 5.41) is 0.379. The summed E-state index contributed by atoms with van der Waals surface area (Å²) in [6, 6.07) is 9.09. The Bertz CT molecular complexity index is 1500. The van der Waals surface area contributed by atoms with Crippen molar-refractivity contribution in [3.8, 4) is 17.2 Å². The first-order chi connectivity index (χ1) is 17.8. The molecular formula is C25H25Cl2F3N4O3Si. The number of carbonyl (C=O) groups is 1. The van der Waals surface area contributed by atoms with Crippen LogP contribution in [0.25, 0.3) is 28.2 Å². The molecule has 0 amide bonds. The number of nitrogens with zero attached hydrogens (tertiary/aromatic N) is 4. The number of hydrogen-bond acceptors (Lipinski definition) is 5. The van der Waals surface area contributed by atoms with E-state index >= 15 is 0 Å². The number of imidazole rings is 2. The molecule has 4 rings (SSSR count). The Labute approximate surface area is 228 Å². The fourth-order valence-electron chi connectivity index (χ4n) is 3.82. The molecule has 0 aliphatic rings. The highest BCUT2D eigenvalue weighted by molar-refractivity contribution is 6.76. The molecule has 2 heterocycles. The van der Waals surface area contributed by atoms with Gasteiger partial charge in [0.05, 0.1) is 45.6 Å². The van der Waals surface area contributed by atoms with Gasteiger partial charge in [0.25, 0.3) is 0 Å². The van der Waals surface area contributed by atoms with Crippen LogP contribution in [0, 0.1) is 0 Å². The van der Waals surface area contributed by atoms with Crippen molar-refractivity contribution in [2.45, 2.75) is 38.6 Å². The van der Waals surface area contributed by atoms with Gasteiger partial charge in [0.15, 0.2) is 5.82 Å². The van der Waals surface area contributed by atoms with E-state index < -0.39 is 25.8 Å². The summed E-state index contributed by atoms with van der Waals surface area (Å²) in [7, 11) is -0.176. The average Bonchev–Trinajstić information content (AvgIpc) is 3.43. The van der Waals surface area contributed by atoms with Crippen molar-refractivity contribution >= 4 is 48.3 Å². The fourth-order valence-corrected chi connectivity index (χ4v) is 4.96. The zero-order valence-corrected chi connectivity index (χ0v) is 23.6. The molecule has 38 heavy (non-hydrogen) atoms. The Hall–Kier alpha value is -2.86. The number of carbonyl (C=O) groups excluding carboxylic acids is 1. The molecule has 0 spiro atoms. The number of ether oxygens (including phenoxy) is 2. The quantitative estimate of drug-likeness (QED) is 0.123. The monoisotopic (exact) mass is 584 g/mol. The molecule has 0 bridgehead atoms. The third-order valence-electron chi connectivity index (χ3n) is 5.82. The summed E-state index contributed by atoms with van der Waals surface area (Å²) < 4.78 is 54.3. The van der Waals surface area contributed by atoms with Crippen molar-refractivity contribution in [3.63, 3.8) is 0 Å². The van der Waals surface area contributed by atoms with Crippen LogP contribution in [0.5, 0.6) is 0 Å². The van der Waals surface area contributed by atoms with Crippen LogP contribution in [0.3, 0.4) is 0 Å². The third kappa shape index (κ3) is 5.75. The molecule has 0 aliphatic heterocycles. The second-order valence-corrected chi connectivity index (χ2v) is 16.2. The second kappa shape index (κ2) is 10.7. The van der Waals surface area contributed by atoms with Crippen molar-refractivity contribution in [2.75, 3.05) is 13.7 Å². The number of halogens is 5. The number of alkyl halides is 3. The lowest BCUT2D eigenvalue weighted by atomic mass is 10.2. The molecule has 0 atom stereocenters. The van der Waals surface area contributed by atoms with E-state index in [1.807, 2.05) is 0 Å². The number of hydrogen-bond donors (Lipinski definition) is 0. The highest BCUT2D eigenvalue weighted by Gasteiger charge is 2.32. The van der Waals surface area contributed by atoms with E-state index in [0.29, 0.717) is 17.8 Å². The zero-order valence-electron chi connectivity index (χ0n) is 21.1. The summed E-state index contributed by atoms with van der Waals surface area (Å²) in [4.78, 5) is 21.4. The first-order valence-corrected chi connectivity index (χ1v) is 16.0. The molecule has 0 saturated heterocycles. The number of benzene rings is 2. The molecular weight excluding hydrogens is 560 g/mol. The molecule has 0 N–H and O–H groups in total. The van der Waals surface area contributed by atoms with Gasteiger partial charge in [-0.1, -0.05) is 48.9 Å². The number of rotatable bonds is 8. The van der Waals surface area contributed by atoms with E-state index in [-0.39, 0.29) is 39.6 Å². The van der Waals surface area contributed by atoms with Crippen molar-refractivity contribution in [1.29, 1.82) is 0 Å². The molecule has 0 aliphatic carbocycles. The van der Waals surface area contributed by atoms with Crippen LogP contribution in [0.15, 0.2) is 42.6 Å². The Morgan fingerprint density at radius 3 is 2.53 bits per heavy atom. The fraction of sp³-hybridized carbons (Fsp3) is 0.320. The summed E-state index contributed by atoms with van der Waals surface area (Å²) in [6.07, 6.45) is -3.16. The molecule has 0 radical (unpaired) electrons. The van der Waals surface area contributed by atoms with Gasteiger partial charge in [-0.2, -0.15) is 13.2 Å². The maximum Gasteiger partial charge on any atom is 0.416 e. The topological polar surface area (TPSA) is 71.2 Å². The molecule has 7 nitrogen and oxygen atoms in total. The van der Waals surface area contributed by atoms with Gasteiger partial charge in [-0.25, -0.2) is 14.8 Å². The Morgan fingerprint density at radius 1 is 1.13 bits per heavy atom. The Kier molecular flexibility index (Phi) is 7.94. The summed E-state index contributed by atoms with van der Waals surface area (Å²) in [5.41, 5.74) is 0.302. The zero-order chi connectivity index (χ0) is 27.8. The smallest absolute Gasteiger partial charge is 0.416 e. The maximum atomic E-state index is 13.5. The lowest BCUT2D eigenvalue weighted by Crippen LogP contribution is -2.22. The van der Waals surface area contributed by atoms with E-state index in [9.17, 15) is 18.0 Å². The summed E-state index contributed by atoms with van der Waals surface area (Å²) >= 11 is 12.7. The highest BCUT2D eigenvalue weighted by Crippen LogP contribution is 2.36. The van der Waals surface area contributed by atoms with Gasteiger partial charge in [-0.3, -0.25) is 9.13 Å². The molecule has 2 aromatic carbocycles. The average molecular weight is 585 g/mol. The van der Waals surface area contributed by atoms with Crippen LogP contribution in [0.2, 0.25) is 35.7 Å². The van der Waals surface area contributed by atoms with Crippen LogP contribution in [-0.4, -0.2) is 46.9 Å². The lowest BCUT2D eigenvalue weighted by molar-refractivity contribution is -0.137. The van der Waals surface area contributed by atoms with E-state index in [1.165, 1.54) is 23.9 Å². The normalized spacial score (nSPS) is 12.3. The number of methoxy groups -OCH3 is 1. The third-order valence-corrected chi connectivity index (χ3v) is 8.34. The summed E-state index contributed by atoms with van der Waals surface area (Å²) in [6.45, 7) is 7.14. The molecule has 2 aromatic heterocycles. The second-order valence-electron chi connectivity index (χ2n) is 9.78. The lowest BCUT2D eigenvalue weighted by Gasteiger charge is -2.17. The molecule has 0 fully saturated rings. The van der Waals surface area contributed by atoms with Crippen LogP contribution in [0.4, 0.5) is 13.2 Å². The van der Waals surface area contributed by atoms with Gasteiger partial charge in [0.2, 0.25) is 5.82 Å². The van der Waals surface area contributed by atoms with Crippen molar-refractivity contribution in [1.82, 2.24) is 19.1 Å². The van der Waals surface area contributed by atoms with Gasteiger partial charge < -0.3 is 9.47 Å². The highest BCUT2D eigenvalue weighted by atomic mass is 35.5. The molecule has 13 heteroatoms. The van der Waals surface area contributed by atoms with Crippen molar-refractivity contribution in [3.05, 3.63) is 64.0 Å². The van der Waals surface area contributed by atoms with E-state index in [2.05, 4.69) is 29.6 Å². The van der Waals surface area contributed by atoms with E-state index in [4.69, 9.17) is 32.7 Å². The van der Waals surface area contributed by atoms with E-state index in [0.717, 1.165) is 18.2 Å². The summed E-state index contributed by atoms with van der Waals surface area (Å²) in [5.74, 6) is -0.632. The van der Waals surface area contributed by atoms with E-state index in [1.54, 1.807) is 22.8 Å². The molecule has 4 aromatic rings. The predicted molar refractivity (Wildman–Crippen MR) is 143 cm³/mol. The number of fused-ring (bicyclic) bond motifs is 1. The van der Waals surface area contributed by atoms with Gasteiger partial charge in [0, 0.05) is 14.7 Å². The van der Waals surface area contributed by atoms with Gasteiger partial charge >= 0.3 is 12.1 Å². The van der Waals surface area contributed by atoms with Crippen LogP contribution >= 0.6 is 23.2 Å². The van der Waals surface area contributed by atoms with Gasteiger partial charge in [-0.05, 0) is 36.4 Å². The van der Waals surface area contributed by atoms with Crippen molar-refractivity contribution < 1.29 is 27.4 Å². The SMILES string of the molecule is COC(=O)c1ncc(-c2nc3cc(C(F)(F)F)ccc3n2COCC[Si](C)(C)C)n1-c1cccc(Cl)c1Cl. The molecule has 0 saturated carbocycles. The van der Waals surface area contributed by atoms with Crippen LogP contribution in [-0.2, 0) is 22.4 Å². The van der Waals surface area contributed by atoms with Crippen LogP contribution < -0.4 is 0 Å². The van der Waals surface area contributed by atoms with Crippen LogP contribution in [0.1, 0.15) is 16.2 Å². The number of aromatic nitrogens is 4. The van der Waals surface area contributed by atoms with Gasteiger partial charge in [0.1, 0.15) is 12.4 Å². The Morgan fingerprint density at radius 2 is 1.87 bits per heavy atom. The Balaban J connectivity index is 1.93. The van der Waals surface area contributed by atoms with Crippen molar-refractivity contribution in [2.24, 2.45) is 0 Å². The minimum absolute atomic E-state index is 0.0176. The first-order valence-electron chi connectivity index (χ1n) is 11.6. The molecule has 0 unspecified atom stereocenters. The maximum absolute atomic E-state index is 13.5. The first kappa shape index (κ1) is 28.2. The molecule has 202 valence electrons. The number of esters is 1.